The van der Waals surface area contributed by atoms with Crippen LogP contribution in [-0.4, -0.2) is 62.1 Å². The smallest absolute Gasteiger partial charge is 0.238 e. The van der Waals surface area contributed by atoms with Gasteiger partial charge < -0.3 is 15.0 Å². The second kappa shape index (κ2) is 8.70. The SMILES string of the molecule is C=C(C)COc1ccc(NC(=O)CN2CCCN(C)CC2)cc1. The molecule has 0 atom stereocenters. The van der Waals surface area contributed by atoms with Crippen LogP contribution in [-0.2, 0) is 4.79 Å². The first kappa shape index (κ1) is 17.5. The summed E-state index contributed by atoms with van der Waals surface area (Å²) in [6.07, 6.45) is 1.11. The lowest BCUT2D eigenvalue weighted by Crippen LogP contribution is -2.35. The number of nitrogens with zero attached hydrogens (tertiary/aromatic N) is 2. The van der Waals surface area contributed by atoms with Crippen molar-refractivity contribution in [2.45, 2.75) is 13.3 Å². The average Bonchev–Trinajstić information content (AvgIpc) is 2.71. The second-order valence-corrected chi connectivity index (χ2v) is 6.25. The largest absolute Gasteiger partial charge is 0.489 e. The Morgan fingerprint density at radius 2 is 1.96 bits per heavy atom. The third kappa shape index (κ3) is 6.42. The molecule has 0 radical (unpaired) electrons. The van der Waals surface area contributed by atoms with E-state index in [0.29, 0.717) is 13.2 Å². The predicted octanol–water partition coefficient (Wildman–Crippen LogP) is 2.22. The minimum Gasteiger partial charge on any atom is -0.489 e. The van der Waals surface area contributed by atoms with Gasteiger partial charge in [-0.05, 0) is 63.3 Å². The van der Waals surface area contributed by atoms with Gasteiger partial charge in [-0.15, -0.1) is 0 Å². The quantitative estimate of drug-likeness (QED) is 0.817. The highest BCUT2D eigenvalue weighted by Gasteiger charge is 2.15. The summed E-state index contributed by atoms with van der Waals surface area (Å²) in [7, 11) is 2.13. The van der Waals surface area contributed by atoms with E-state index in [9.17, 15) is 4.79 Å². The predicted molar refractivity (Wildman–Crippen MR) is 93.9 cm³/mol. The monoisotopic (exact) mass is 317 g/mol. The van der Waals surface area contributed by atoms with Gasteiger partial charge in [0.15, 0.2) is 0 Å². The van der Waals surface area contributed by atoms with Crippen LogP contribution in [0.1, 0.15) is 13.3 Å². The van der Waals surface area contributed by atoms with Crippen LogP contribution in [0.3, 0.4) is 0 Å². The van der Waals surface area contributed by atoms with Crippen LogP contribution < -0.4 is 10.1 Å². The molecule has 0 unspecified atom stereocenters. The van der Waals surface area contributed by atoms with Crippen molar-refractivity contribution in [2.24, 2.45) is 0 Å². The standard InChI is InChI=1S/C18H27N3O2/c1-15(2)14-23-17-7-5-16(6-8-17)19-18(22)13-21-10-4-9-20(3)11-12-21/h5-8H,1,4,9-14H2,2-3H3,(H,19,22). The lowest BCUT2D eigenvalue weighted by Gasteiger charge is -2.19. The number of amides is 1. The first-order valence-corrected chi connectivity index (χ1v) is 8.11. The molecule has 1 N–H and O–H groups in total. The van der Waals surface area contributed by atoms with Crippen LogP contribution in [0.2, 0.25) is 0 Å². The number of carbonyl (C=O) groups excluding carboxylic acids is 1. The van der Waals surface area contributed by atoms with Gasteiger partial charge in [0.2, 0.25) is 5.91 Å². The Hall–Kier alpha value is -1.85. The highest BCUT2D eigenvalue weighted by molar-refractivity contribution is 5.92. The first-order chi connectivity index (χ1) is 11.0. The molecule has 1 aromatic carbocycles. The van der Waals surface area contributed by atoms with Gasteiger partial charge in [0.25, 0.3) is 0 Å². The molecule has 0 aromatic heterocycles. The molecule has 1 aliphatic heterocycles. The van der Waals surface area contributed by atoms with Crippen LogP contribution in [0.15, 0.2) is 36.4 Å². The molecule has 1 amide bonds. The Morgan fingerprint density at radius 1 is 1.22 bits per heavy atom. The molecule has 1 aromatic rings. The van der Waals surface area contributed by atoms with Crippen molar-refractivity contribution in [2.75, 3.05) is 51.7 Å². The van der Waals surface area contributed by atoms with E-state index in [1.54, 1.807) is 0 Å². The summed E-state index contributed by atoms with van der Waals surface area (Å²) in [5.41, 5.74) is 1.77. The Morgan fingerprint density at radius 3 is 2.65 bits per heavy atom. The Kier molecular flexibility index (Phi) is 6.62. The Balaban J connectivity index is 1.79. The summed E-state index contributed by atoms with van der Waals surface area (Å²) in [4.78, 5) is 16.7. The highest BCUT2D eigenvalue weighted by atomic mass is 16.5. The summed E-state index contributed by atoms with van der Waals surface area (Å²) in [5.74, 6) is 0.812. The first-order valence-electron chi connectivity index (χ1n) is 8.11. The molecule has 1 fully saturated rings. The molecule has 1 saturated heterocycles. The minimum absolute atomic E-state index is 0.0326. The lowest BCUT2D eigenvalue weighted by atomic mass is 10.3. The minimum atomic E-state index is 0.0326. The van der Waals surface area contributed by atoms with E-state index in [1.165, 1.54) is 0 Å². The fourth-order valence-electron chi connectivity index (χ4n) is 2.50. The number of anilines is 1. The molecular weight excluding hydrogens is 290 g/mol. The van der Waals surface area contributed by atoms with Crippen LogP contribution in [0.25, 0.3) is 0 Å². The van der Waals surface area contributed by atoms with Crippen molar-refractivity contribution in [1.82, 2.24) is 9.80 Å². The van der Waals surface area contributed by atoms with Crippen molar-refractivity contribution in [3.8, 4) is 5.75 Å². The van der Waals surface area contributed by atoms with Gasteiger partial charge in [-0.3, -0.25) is 9.69 Å². The number of nitrogens with one attached hydrogen (secondary N) is 1. The molecule has 1 aliphatic rings. The molecule has 0 spiro atoms. The van der Waals surface area contributed by atoms with Gasteiger partial charge in [0.1, 0.15) is 12.4 Å². The molecule has 23 heavy (non-hydrogen) atoms. The van der Waals surface area contributed by atoms with E-state index in [0.717, 1.165) is 49.6 Å². The molecule has 1 heterocycles. The molecule has 0 aliphatic carbocycles. The van der Waals surface area contributed by atoms with Crippen molar-refractivity contribution in [3.05, 3.63) is 36.4 Å². The maximum Gasteiger partial charge on any atom is 0.238 e. The fraction of sp³-hybridized carbons (Fsp3) is 0.500. The third-order valence-corrected chi connectivity index (χ3v) is 3.80. The molecule has 0 saturated carbocycles. The van der Waals surface area contributed by atoms with Crippen LogP contribution >= 0.6 is 0 Å². The maximum atomic E-state index is 12.2. The molecule has 5 nitrogen and oxygen atoms in total. The summed E-state index contributed by atoms with van der Waals surface area (Å²) in [6.45, 7) is 10.7. The molecule has 0 bridgehead atoms. The topological polar surface area (TPSA) is 44.8 Å². The van der Waals surface area contributed by atoms with E-state index in [2.05, 4.69) is 28.7 Å². The number of hydrogen-bond donors (Lipinski definition) is 1. The zero-order valence-electron chi connectivity index (χ0n) is 14.2. The van der Waals surface area contributed by atoms with Crippen molar-refractivity contribution < 1.29 is 9.53 Å². The molecule has 2 rings (SSSR count). The number of ether oxygens (including phenoxy) is 1. The van der Waals surface area contributed by atoms with Crippen molar-refractivity contribution in [3.63, 3.8) is 0 Å². The zero-order chi connectivity index (χ0) is 16.7. The number of likely N-dealkylation sites (N-methyl/N-ethyl adjacent to an activating group) is 1. The van der Waals surface area contributed by atoms with E-state index in [1.807, 2.05) is 31.2 Å². The van der Waals surface area contributed by atoms with E-state index in [-0.39, 0.29) is 5.91 Å². The van der Waals surface area contributed by atoms with Gasteiger partial charge in [0.05, 0.1) is 6.54 Å². The Labute approximate surface area is 138 Å². The number of rotatable bonds is 6. The molecular formula is C18H27N3O2. The Bertz CT molecular complexity index is 528. The van der Waals surface area contributed by atoms with Gasteiger partial charge in [0, 0.05) is 18.8 Å². The number of benzene rings is 1. The van der Waals surface area contributed by atoms with Gasteiger partial charge in [-0.2, -0.15) is 0 Å². The van der Waals surface area contributed by atoms with Crippen molar-refractivity contribution >= 4 is 11.6 Å². The normalized spacial score (nSPS) is 16.6. The maximum absolute atomic E-state index is 12.2. The van der Waals surface area contributed by atoms with Gasteiger partial charge in [-0.1, -0.05) is 6.58 Å². The number of hydrogen-bond acceptors (Lipinski definition) is 4. The molecule has 126 valence electrons. The summed E-state index contributed by atoms with van der Waals surface area (Å²) in [6, 6.07) is 7.45. The van der Waals surface area contributed by atoms with Crippen LogP contribution in [0.5, 0.6) is 5.75 Å². The lowest BCUT2D eigenvalue weighted by molar-refractivity contribution is -0.117. The fourth-order valence-corrected chi connectivity index (χ4v) is 2.50. The molecule has 5 heteroatoms. The summed E-state index contributed by atoms with van der Waals surface area (Å²) < 4.78 is 5.55. The van der Waals surface area contributed by atoms with Gasteiger partial charge >= 0.3 is 0 Å². The average molecular weight is 317 g/mol. The van der Waals surface area contributed by atoms with E-state index >= 15 is 0 Å². The van der Waals surface area contributed by atoms with E-state index in [4.69, 9.17) is 4.74 Å². The highest BCUT2D eigenvalue weighted by Crippen LogP contribution is 2.16. The summed E-state index contributed by atoms with van der Waals surface area (Å²) in [5, 5.41) is 2.95. The van der Waals surface area contributed by atoms with Gasteiger partial charge in [-0.25, -0.2) is 0 Å². The second-order valence-electron chi connectivity index (χ2n) is 6.25. The zero-order valence-corrected chi connectivity index (χ0v) is 14.2. The third-order valence-electron chi connectivity index (χ3n) is 3.80. The van der Waals surface area contributed by atoms with E-state index < -0.39 is 0 Å². The number of carbonyl (C=O) groups is 1. The van der Waals surface area contributed by atoms with Crippen LogP contribution in [0, 0.1) is 0 Å². The summed E-state index contributed by atoms with van der Waals surface area (Å²) >= 11 is 0. The van der Waals surface area contributed by atoms with Crippen molar-refractivity contribution in [1.29, 1.82) is 0 Å². The van der Waals surface area contributed by atoms with Crippen LogP contribution in [0.4, 0.5) is 5.69 Å².